The quantitative estimate of drug-likeness (QED) is 0.356. The van der Waals surface area contributed by atoms with Crippen LogP contribution in [0.3, 0.4) is 0 Å². The van der Waals surface area contributed by atoms with Crippen LogP contribution in [0.1, 0.15) is 55.9 Å². The summed E-state index contributed by atoms with van der Waals surface area (Å²) in [4.78, 5) is 13.9. The Morgan fingerprint density at radius 2 is 1.46 bits per heavy atom. The number of halogens is 7. The highest BCUT2D eigenvalue weighted by atomic mass is 19.4. The van der Waals surface area contributed by atoms with Gasteiger partial charge in [-0.15, -0.1) is 0 Å². The smallest absolute Gasteiger partial charge is 0.416 e. The molecule has 1 fully saturated rings. The van der Waals surface area contributed by atoms with Gasteiger partial charge >= 0.3 is 18.4 Å². The average Bonchev–Trinajstić information content (AvgIpc) is 2.86. The maximum absolute atomic E-state index is 13.6. The second-order valence-corrected chi connectivity index (χ2v) is 11.2. The van der Waals surface area contributed by atoms with Gasteiger partial charge in [0, 0.05) is 25.7 Å². The molecule has 0 bridgehead atoms. The fourth-order valence-electron chi connectivity index (χ4n) is 4.39. The van der Waals surface area contributed by atoms with Crippen molar-refractivity contribution in [1.82, 2.24) is 10.2 Å². The van der Waals surface area contributed by atoms with E-state index in [-0.39, 0.29) is 30.8 Å². The summed E-state index contributed by atoms with van der Waals surface area (Å²) in [6.07, 6.45) is -9.20. The third-order valence-corrected chi connectivity index (χ3v) is 6.55. The molecule has 2 aromatic carbocycles. The lowest BCUT2D eigenvalue weighted by molar-refractivity contribution is -0.143. The normalized spacial score (nSPS) is 16.9. The third kappa shape index (κ3) is 9.57. The number of likely N-dealkylation sites (tertiary alicyclic amines) is 1. The zero-order valence-corrected chi connectivity index (χ0v) is 23.0. The molecule has 41 heavy (non-hydrogen) atoms. The summed E-state index contributed by atoms with van der Waals surface area (Å²) < 4.78 is 104. The molecule has 0 spiro atoms. The number of nitrogens with two attached hydrogens (primary N) is 1. The monoisotopic (exact) mass is 593 g/mol. The molecule has 0 aromatic heterocycles. The van der Waals surface area contributed by atoms with Crippen molar-refractivity contribution in [3.8, 4) is 0 Å². The Morgan fingerprint density at radius 3 is 1.95 bits per heavy atom. The van der Waals surface area contributed by atoms with Crippen molar-refractivity contribution in [3.63, 3.8) is 0 Å². The number of amides is 1. The van der Waals surface area contributed by atoms with Gasteiger partial charge in [-0.2, -0.15) is 26.3 Å². The molecule has 3 rings (SSSR count). The molecule has 3 N–H and O–H groups in total. The van der Waals surface area contributed by atoms with E-state index in [0.29, 0.717) is 43.6 Å². The van der Waals surface area contributed by atoms with Gasteiger partial charge in [0.1, 0.15) is 11.4 Å². The van der Waals surface area contributed by atoms with Gasteiger partial charge in [0.2, 0.25) is 0 Å². The van der Waals surface area contributed by atoms with Gasteiger partial charge in [-0.25, -0.2) is 9.18 Å². The molecule has 1 aliphatic heterocycles. The van der Waals surface area contributed by atoms with Crippen LogP contribution >= 0.6 is 0 Å². The molecular weight excluding hydrogens is 559 g/mol. The Labute approximate surface area is 234 Å². The number of alkyl halides is 6. The van der Waals surface area contributed by atoms with Crippen LogP contribution in [0.4, 0.5) is 35.5 Å². The highest BCUT2D eigenvalue weighted by molar-refractivity contribution is 5.68. The van der Waals surface area contributed by atoms with E-state index in [1.54, 1.807) is 25.7 Å². The average molecular weight is 594 g/mol. The second-order valence-electron chi connectivity index (χ2n) is 11.2. The first-order valence-corrected chi connectivity index (χ1v) is 13.0. The van der Waals surface area contributed by atoms with E-state index in [2.05, 4.69) is 5.32 Å². The molecule has 228 valence electrons. The predicted octanol–water partition coefficient (Wildman–Crippen LogP) is 6.22. The Bertz CT molecular complexity index is 1140. The number of nitrogens with one attached hydrogen (secondary N) is 1. The SMILES string of the molecule is CC(C)(C)OC(=O)N1CCC(NCC(N)(COCc2cc(C(F)(F)F)cc(C(F)(F)F)c2)c2ccc(F)cc2)CC1. The lowest BCUT2D eigenvalue weighted by Crippen LogP contribution is -2.54. The number of carbonyl (C=O) groups is 1. The first kappa shape index (κ1) is 32.6. The van der Waals surface area contributed by atoms with Crippen LogP contribution in [0.2, 0.25) is 0 Å². The number of benzene rings is 2. The van der Waals surface area contributed by atoms with Crippen LogP contribution in [0.25, 0.3) is 0 Å². The van der Waals surface area contributed by atoms with Crippen LogP contribution < -0.4 is 11.1 Å². The minimum Gasteiger partial charge on any atom is -0.444 e. The number of rotatable bonds is 8. The number of hydrogen-bond donors (Lipinski definition) is 2. The molecule has 1 unspecified atom stereocenters. The lowest BCUT2D eigenvalue weighted by Gasteiger charge is -2.36. The zero-order chi connectivity index (χ0) is 30.6. The Kier molecular flexibility index (Phi) is 9.97. The van der Waals surface area contributed by atoms with Crippen LogP contribution in [0.15, 0.2) is 42.5 Å². The number of hydrogen-bond acceptors (Lipinski definition) is 5. The fourth-order valence-corrected chi connectivity index (χ4v) is 4.39. The summed E-state index contributed by atoms with van der Waals surface area (Å²) in [5.41, 5.74) is 1.97. The summed E-state index contributed by atoms with van der Waals surface area (Å²) in [6, 6.07) is 6.47. The molecule has 1 saturated heterocycles. The third-order valence-electron chi connectivity index (χ3n) is 6.55. The molecular formula is C28H34F7N3O3. The van der Waals surface area contributed by atoms with Crippen molar-refractivity contribution in [2.75, 3.05) is 26.2 Å². The fraction of sp³-hybridized carbons (Fsp3) is 0.536. The van der Waals surface area contributed by atoms with E-state index in [0.717, 1.165) is 0 Å². The molecule has 1 atom stereocenters. The molecule has 0 aliphatic carbocycles. The minimum atomic E-state index is -4.98. The van der Waals surface area contributed by atoms with Crippen LogP contribution in [0, 0.1) is 5.82 Å². The van der Waals surface area contributed by atoms with Gasteiger partial charge in [0.25, 0.3) is 0 Å². The molecule has 0 saturated carbocycles. The maximum atomic E-state index is 13.6. The first-order valence-electron chi connectivity index (χ1n) is 13.0. The van der Waals surface area contributed by atoms with Gasteiger partial charge in [-0.1, -0.05) is 12.1 Å². The van der Waals surface area contributed by atoms with E-state index in [1.807, 2.05) is 0 Å². The Morgan fingerprint density at radius 1 is 0.927 bits per heavy atom. The number of piperidine rings is 1. The summed E-state index contributed by atoms with van der Waals surface area (Å²) in [5.74, 6) is -0.511. The van der Waals surface area contributed by atoms with Crippen molar-refractivity contribution >= 4 is 6.09 Å². The Balaban J connectivity index is 1.69. The van der Waals surface area contributed by atoms with Crippen LogP contribution in [-0.2, 0) is 34.0 Å². The molecule has 1 amide bonds. The summed E-state index contributed by atoms with van der Waals surface area (Å²) in [7, 11) is 0. The van der Waals surface area contributed by atoms with Crippen molar-refractivity contribution in [1.29, 1.82) is 0 Å². The highest BCUT2D eigenvalue weighted by Crippen LogP contribution is 2.36. The molecule has 13 heteroatoms. The minimum absolute atomic E-state index is 0.0464. The van der Waals surface area contributed by atoms with E-state index in [9.17, 15) is 35.5 Å². The van der Waals surface area contributed by atoms with Gasteiger partial charge < -0.3 is 25.4 Å². The van der Waals surface area contributed by atoms with Gasteiger partial charge in [-0.3, -0.25) is 0 Å². The highest BCUT2D eigenvalue weighted by Gasteiger charge is 2.37. The molecule has 6 nitrogen and oxygen atoms in total. The zero-order valence-electron chi connectivity index (χ0n) is 23.0. The summed E-state index contributed by atoms with van der Waals surface area (Å²) in [5, 5.41) is 3.31. The van der Waals surface area contributed by atoms with Crippen molar-refractivity contribution < 1.29 is 45.0 Å². The van der Waals surface area contributed by atoms with Gasteiger partial charge in [0.05, 0.1) is 29.9 Å². The molecule has 2 aromatic rings. The largest absolute Gasteiger partial charge is 0.444 e. The van der Waals surface area contributed by atoms with E-state index in [4.69, 9.17) is 15.2 Å². The maximum Gasteiger partial charge on any atom is 0.416 e. The molecule has 1 heterocycles. The number of nitrogens with zero attached hydrogens (tertiary/aromatic N) is 1. The van der Waals surface area contributed by atoms with E-state index >= 15 is 0 Å². The Hall–Kier alpha value is -2.90. The molecule has 0 radical (unpaired) electrons. The van der Waals surface area contributed by atoms with E-state index in [1.165, 1.54) is 24.3 Å². The predicted molar refractivity (Wildman–Crippen MR) is 137 cm³/mol. The van der Waals surface area contributed by atoms with Crippen LogP contribution in [0.5, 0.6) is 0 Å². The van der Waals surface area contributed by atoms with Gasteiger partial charge in [0.15, 0.2) is 0 Å². The summed E-state index contributed by atoms with van der Waals surface area (Å²) >= 11 is 0. The molecule has 1 aliphatic rings. The van der Waals surface area contributed by atoms with Crippen molar-refractivity contribution in [3.05, 3.63) is 70.5 Å². The van der Waals surface area contributed by atoms with E-state index < -0.39 is 53.1 Å². The topological polar surface area (TPSA) is 76.8 Å². The van der Waals surface area contributed by atoms with Gasteiger partial charge in [-0.05, 0) is 75.1 Å². The summed E-state index contributed by atoms with van der Waals surface area (Å²) in [6.45, 7) is 5.45. The standard InChI is InChI=1S/C28H34F7N3O3/c1-25(2,3)41-24(39)38-10-8-23(9-11-38)37-16-26(36,19-4-6-22(29)7-5-19)17-40-15-18-12-20(27(30,31)32)14-21(13-18)28(33,34)35/h4-7,12-14,23,37H,8-11,15-17,36H2,1-3H3. The number of ether oxygens (including phenoxy) is 2. The second kappa shape index (κ2) is 12.5. The van der Waals surface area contributed by atoms with Crippen LogP contribution in [-0.4, -0.2) is 48.9 Å². The number of carbonyl (C=O) groups excluding carboxylic acids is 1. The lowest BCUT2D eigenvalue weighted by atomic mass is 9.90. The van der Waals surface area contributed by atoms with Crippen molar-refractivity contribution in [2.24, 2.45) is 5.73 Å². The first-order chi connectivity index (χ1) is 18.9. The van der Waals surface area contributed by atoms with Crippen molar-refractivity contribution in [2.45, 2.75) is 69.8 Å².